The molecular formula is C36H69NO4. The van der Waals surface area contributed by atoms with Gasteiger partial charge >= 0.3 is 0 Å². The minimum Gasteiger partial charge on any atom is -0.394 e. The van der Waals surface area contributed by atoms with Crippen LogP contribution in [-0.2, 0) is 4.79 Å². The number of carbonyl (C=O) groups excluding carboxylic acids is 1. The molecule has 0 aliphatic heterocycles. The molecular weight excluding hydrogens is 510 g/mol. The number of nitrogens with one attached hydrogen (secondary N) is 1. The van der Waals surface area contributed by atoms with E-state index in [1.165, 1.54) is 116 Å². The molecule has 0 aromatic heterocycles. The Morgan fingerprint density at radius 3 is 1.49 bits per heavy atom. The Morgan fingerprint density at radius 1 is 0.585 bits per heavy atom. The molecule has 0 fully saturated rings. The lowest BCUT2D eigenvalue weighted by Crippen LogP contribution is -2.48. The van der Waals surface area contributed by atoms with E-state index in [4.69, 9.17) is 0 Å². The lowest BCUT2D eigenvalue weighted by atomic mass is 10.0. The minimum atomic E-state index is -1.10. The zero-order chi connectivity index (χ0) is 30.2. The van der Waals surface area contributed by atoms with Crippen LogP contribution in [0.15, 0.2) is 24.3 Å². The van der Waals surface area contributed by atoms with Gasteiger partial charge in [-0.1, -0.05) is 167 Å². The Hall–Kier alpha value is -1.17. The third-order valence-electron chi connectivity index (χ3n) is 8.04. The van der Waals surface area contributed by atoms with Crippen molar-refractivity contribution >= 4 is 5.91 Å². The molecule has 0 aromatic carbocycles. The Morgan fingerprint density at radius 2 is 1.00 bits per heavy atom. The average molecular weight is 580 g/mol. The molecule has 41 heavy (non-hydrogen) atoms. The molecule has 0 saturated heterocycles. The lowest BCUT2D eigenvalue weighted by molar-refractivity contribution is -0.131. The SMILES string of the molecule is CCCCCCC/C=C/CC/C=C/C(O)C(CO)NC(=O)C(O)CCCCCCCCCCCCCCCCCC. The normalized spacial score (nSPS) is 14.2. The Labute approximate surface area is 254 Å². The van der Waals surface area contributed by atoms with Crippen molar-refractivity contribution in [3.8, 4) is 0 Å². The summed E-state index contributed by atoms with van der Waals surface area (Å²) in [5.74, 6) is -0.515. The van der Waals surface area contributed by atoms with Gasteiger partial charge in [0.2, 0.25) is 5.91 Å². The fourth-order valence-corrected chi connectivity index (χ4v) is 5.20. The van der Waals surface area contributed by atoms with Gasteiger partial charge < -0.3 is 20.6 Å². The number of unbranched alkanes of at least 4 members (excludes halogenated alkanes) is 21. The predicted molar refractivity (Wildman–Crippen MR) is 176 cm³/mol. The first-order chi connectivity index (χ1) is 20.1. The Kier molecular flexibility index (Phi) is 30.9. The van der Waals surface area contributed by atoms with Crippen molar-refractivity contribution in [2.45, 2.75) is 193 Å². The highest BCUT2D eigenvalue weighted by Gasteiger charge is 2.22. The van der Waals surface area contributed by atoms with Crippen LogP contribution in [0.4, 0.5) is 0 Å². The van der Waals surface area contributed by atoms with Crippen LogP contribution >= 0.6 is 0 Å². The van der Waals surface area contributed by atoms with Crippen LogP contribution in [0, 0.1) is 0 Å². The van der Waals surface area contributed by atoms with Gasteiger partial charge in [0.15, 0.2) is 0 Å². The van der Waals surface area contributed by atoms with Crippen molar-refractivity contribution in [1.82, 2.24) is 5.32 Å². The van der Waals surface area contributed by atoms with Crippen LogP contribution in [-0.4, -0.2) is 46.1 Å². The number of carbonyl (C=O) groups is 1. The summed E-state index contributed by atoms with van der Waals surface area (Å²) >= 11 is 0. The van der Waals surface area contributed by atoms with E-state index in [2.05, 4.69) is 31.3 Å². The Balaban J connectivity index is 3.76. The van der Waals surface area contributed by atoms with Crippen molar-refractivity contribution in [3.63, 3.8) is 0 Å². The molecule has 0 radical (unpaired) electrons. The van der Waals surface area contributed by atoms with E-state index in [9.17, 15) is 20.1 Å². The van der Waals surface area contributed by atoms with Gasteiger partial charge in [0.25, 0.3) is 0 Å². The summed E-state index contributed by atoms with van der Waals surface area (Å²) in [6.45, 7) is 4.12. The van der Waals surface area contributed by atoms with Gasteiger partial charge in [0.05, 0.1) is 18.8 Å². The van der Waals surface area contributed by atoms with E-state index < -0.39 is 24.2 Å². The van der Waals surface area contributed by atoms with E-state index in [1.54, 1.807) is 6.08 Å². The first-order valence-corrected chi connectivity index (χ1v) is 17.7. The summed E-state index contributed by atoms with van der Waals surface area (Å²) in [5.41, 5.74) is 0. The Bertz CT molecular complexity index is 606. The minimum absolute atomic E-state index is 0.374. The highest BCUT2D eigenvalue weighted by Crippen LogP contribution is 2.14. The van der Waals surface area contributed by atoms with E-state index in [0.717, 1.165) is 38.5 Å². The summed E-state index contributed by atoms with van der Waals surface area (Å²) in [7, 11) is 0. The third-order valence-corrected chi connectivity index (χ3v) is 8.04. The zero-order valence-electron chi connectivity index (χ0n) is 27.2. The largest absolute Gasteiger partial charge is 0.394 e. The van der Waals surface area contributed by atoms with Gasteiger partial charge in [0.1, 0.15) is 6.10 Å². The summed E-state index contributed by atoms with van der Waals surface area (Å²) in [6.07, 6.45) is 36.2. The standard InChI is InChI=1S/C36H69NO4/c1-3-5-7-9-11-13-15-16-17-18-19-21-23-25-27-29-31-35(40)36(41)37-33(32-38)34(39)30-28-26-24-22-20-14-12-10-8-6-4-2/h20,22,28,30,33-35,38-40H,3-19,21,23-27,29,31-32H2,1-2H3,(H,37,41)/b22-20+,30-28+. The molecule has 0 spiro atoms. The quantitative estimate of drug-likeness (QED) is 0.0487. The van der Waals surface area contributed by atoms with Crippen molar-refractivity contribution in [3.05, 3.63) is 24.3 Å². The third kappa shape index (κ3) is 27.4. The maximum atomic E-state index is 12.4. The molecule has 0 heterocycles. The highest BCUT2D eigenvalue weighted by molar-refractivity contribution is 5.80. The van der Waals surface area contributed by atoms with Crippen LogP contribution in [0.1, 0.15) is 174 Å². The smallest absolute Gasteiger partial charge is 0.249 e. The van der Waals surface area contributed by atoms with Crippen molar-refractivity contribution < 1.29 is 20.1 Å². The molecule has 0 aliphatic carbocycles. The number of amides is 1. The second-order valence-electron chi connectivity index (χ2n) is 12.1. The lowest BCUT2D eigenvalue weighted by Gasteiger charge is -2.21. The molecule has 0 aromatic rings. The van der Waals surface area contributed by atoms with Crippen LogP contribution in [0.2, 0.25) is 0 Å². The molecule has 0 rings (SSSR count). The number of hydrogen-bond acceptors (Lipinski definition) is 4. The second kappa shape index (κ2) is 31.8. The average Bonchev–Trinajstić information content (AvgIpc) is 2.98. The molecule has 0 aliphatic rings. The number of aliphatic hydroxyl groups is 3. The molecule has 3 atom stereocenters. The van der Waals surface area contributed by atoms with Gasteiger partial charge in [-0.25, -0.2) is 0 Å². The first kappa shape index (κ1) is 39.8. The van der Waals surface area contributed by atoms with Gasteiger partial charge in [-0.15, -0.1) is 0 Å². The van der Waals surface area contributed by atoms with E-state index in [0.29, 0.717) is 6.42 Å². The number of rotatable bonds is 31. The van der Waals surface area contributed by atoms with Crippen LogP contribution in [0.25, 0.3) is 0 Å². The van der Waals surface area contributed by atoms with E-state index in [-0.39, 0.29) is 6.61 Å². The summed E-state index contributed by atoms with van der Waals surface area (Å²) in [6, 6.07) is -0.808. The first-order valence-electron chi connectivity index (χ1n) is 17.7. The van der Waals surface area contributed by atoms with Gasteiger partial charge in [-0.2, -0.15) is 0 Å². The molecule has 5 nitrogen and oxygen atoms in total. The van der Waals surface area contributed by atoms with Crippen LogP contribution in [0.5, 0.6) is 0 Å². The maximum absolute atomic E-state index is 12.4. The molecule has 3 unspecified atom stereocenters. The monoisotopic (exact) mass is 580 g/mol. The molecule has 1 amide bonds. The molecule has 0 bridgehead atoms. The van der Waals surface area contributed by atoms with E-state index in [1.807, 2.05) is 6.08 Å². The molecule has 5 heteroatoms. The van der Waals surface area contributed by atoms with Crippen LogP contribution in [0.3, 0.4) is 0 Å². The highest BCUT2D eigenvalue weighted by atomic mass is 16.3. The predicted octanol–water partition coefficient (Wildman–Crippen LogP) is 9.09. The molecule has 0 saturated carbocycles. The number of hydrogen-bond donors (Lipinski definition) is 4. The van der Waals surface area contributed by atoms with Crippen LogP contribution < -0.4 is 5.32 Å². The van der Waals surface area contributed by atoms with Crippen molar-refractivity contribution in [2.24, 2.45) is 0 Å². The maximum Gasteiger partial charge on any atom is 0.249 e. The summed E-state index contributed by atoms with van der Waals surface area (Å²) in [5, 5.41) is 32.8. The van der Waals surface area contributed by atoms with Gasteiger partial charge in [-0.05, 0) is 32.1 Å². The van der Waals surface area contributed by atoms with Gasteiger partial charge in [-0.3, -0.25) is 4.79 Å². The van der Waals surface area contributed by atoms with E-state index >= 15 is 0 Å². The summed E-state index contributed by atoms with van der Waals surface area (Å²) in [4.78, 5) is 12.4. The fraction of sp³-hybridized carbons (Fsp3) is 0.861. The van der Waals surface area contributed by atoms with Gasteiger partial charge in [0, 0.05) is 0 Å². The number of allylic oxidation sites excluding steroid dienone is 3. The number of aliphatic hydroxyl groups excluding tert-OH is 3. The second-order valence-corrected chi connectivity index (χ2v) is 12.1. The molecule has 4 N–H and O–H groups in total. The fourth-order valence-electron chi connectivity index (χ4n) is 5.20. The zero-order valence-corrected chi connectivity index (χ0v) is 27.2. The molecule has 242 valence electrons. The topological polar surface area (TPSA) is 89.8 Å². The summed E-state index contributed by atoms with van der Waals surface area (Å²) < 4.78 is 0. The van der Waals surface area contributed by atoms with Crippen molar-refractivity contribution in [2.75, 3.05) is 6.61 Å². The van der Waals surface area contributed by atoms with Crippen molar-refractivity contribution in [1.29, 1.82) is 0 Å².